The summed E-state index contributed by atoms with van der Waals surface area (Å²) in [5.74, 6) is 3.35. The van der Waals surface area contributed by atoms with Gasteiger partial charge in [-0.2, -0.15) is 10.2 Å². The number of anilines is 2. The van der Waals surface area contributed by atoms with Crippen LogP contribution >= 0.6 is 11.8 Å². The average Bonchev–Trinajstić information content (AvgIpc) is 2.79. The standard InChI is InChI=1S/C24H30N6S/c1-31-20-5-3-2-4-16(20)12-27-23-28-13-19(11-25)22(30-23)29-14-24-8-15-6-17(9-24)21(26)18(7-15)10-24/h2-5,13,15,17-18,21H,6-10,12,14,26H2,1H3,(H2,27,28,29,30)/t15?,17-,18?,21-,24-/m1/s1. The van der Waals surface area contributed by atoms with Crippen molar-refractivity contribution < 1.29 is 0 Å². The van der Waals surface area contributed by atoms with E-state index in [0.717, 1.165) is 12.5 Å². The molecule has 4 fully saturated rings. The van der Waals surface area contributed by atoms with Crippen LogP contribution in [-0.4, -0.2) is 28.8 Å². The van der Waals surface area contributed by atoms with Crippen LogP contribution in [0.25, 0.3) is 0 Å². The van der Waals surface area contributed by atoms with Crippen LogP contribution in [0.15, 0.2) is 35.4 Å². The van der Waals surface area contributed by atoms with E-state index < -0.39 is 0 Å². The molecule has 0 spiro atoms. The molecule has 162 valence electrons. The highest BCUT2D eigenvalue weighted by atomic mass is 32.2. The lowest BCUT2D eigenvalue weighted by molar-refractivity contribution is -0.0591. The minimum absolute atomic E-state index is 0.301. The van der Waals surface area contributed by atoms with E-state index in [-0.39, 0.29) is 0 Å². The maximum absolute atomic E-state index is 9.57. The molecule has 6 rings (SSSR count). The monoisotopic (exact) mass is 434 g/mol. The predicted molar refractivity (Wildman–Crippen MR) is 125 cm³/mol. The quantitative estimate of drug-likeness (QED) is 0.560. The number of nitrogens with one attached hydrogen (secondary N) is 2. The van der Waals surface area contributed by atoms with Crippen molar-refractivity contribution in [1.29, 1.82) is 5.26 Å². The van der Waals surface area contributed by atoms with Crippen LogP contribution in [0.3, 0.4) is 0 Å². The second-order valence-corrected chi connectivity index (χ2v) is 10.5. The van der Waals surface area contributed by atoms with Gasteiger partial charge in [0.25, 0.3) is 0 Å². The van der Waals surface area contributed by atoms with Crippen LogP contribution < -0.4 is 16.4 Å². The van der Waals surface area contributed by atoms with Gasteiger partial charge in [0.05, 0.1) is 6.20 Å². The summed E-state index contributed by atoms with van der Waals surface area (Å²) in [6.07, 6.45) is 10.0. The Morgan fingerprint density at radius 2 is 1.97 bits per heavy atom. The molecule has 0 saturated heterocycles. The van der Waals surface area contributed by atoms with E-state index in [4.69, 9.17) is 5.73 Å². The van der Waals surface area contributed by atoms with Gasteiger partial charge < -0.3 is 16.4 Å². The fourth-order valence-corrected chi connectivity index (χ4v) is 7.04. The van der Waals surface area contributed by atoms with Gasteiger partial charge in [0, 0.05) is 24.0 Å². The first-order valence-electron chi connectivity index (χ1n) is 11.2. The second kappa shape index (κ2) is 8.33. The fraction of sp³-hybridized carbons (Fsp3) is 0.542. The van der Waals surface area contributed by atoms with Crippen LogP contribution in [0, 0.1) is 34.5 Å². The molecule has 0 radical (unpaired) electrons. The molecule has 31 heavy (non-hydrogen) atoms. The molecule has 4 bridgehead atoms. The molecule has 4 N–H and O–H groups in total. The van der Waals surface area contributed by atoms with Crippen molar-refractivity contribution in [3.05, 3.63) is 41.6 Å². The second-order valence-electron chi connectivity index (χ2n) is 9.63. The lowest BCUT2D eigenvalue weighted by atomic mass is 9.48. The number of nitriles is 1. The van der Waals surface area contributed by atoms with E-state index in [1.54, 1.807) is 18.0 Å². The Labute approximate surface area is 188 Å². The van der Waals surface area contributed by atoms with Crippen molar-refractivity contribution in [2.45, 2.75) is 49.6 Å². The molecular weight excluding hydrogens is 404 g/mol. The molecule has 1 aromatic heterocycles. The summed E-state index contributed by atoms with van der Waals surface area (Å²) in [5, 5.41) is 16.4. The summed E-state index contributed by atoms with van der Waals surface area (Å²) in [4.78, 5) is 10.3. The van der Waals surface area contributed by atoms with Gasteiger partial charge in [0.15, 0.2) is 0 Å². The first-order chi connectivity index (χ1) is 15.1. The summed E-state index contributed by atoms with van der Waals surface area (Å²) in [5.41, 5.74) is 8.51. The van der Waals surface area contributed by atoms with E-state index in [1.807, 2.05) is 12.1 Å². The number of benzene rings is 1. The number of thioether (sulfide) groups is 1. The number of rotatable bonds is 7. The molecule has 4 aliphatic carbocycles. The minimum Gasteiger partial charge on any atom is -0.368 e. The Kier molecular flexibility index (Phi) is 5.53. The van der Waals surface area contributed by atoms with Gasteiger partial charge in [0.1, 0.15) is 17.5 Å². The highest BCUT2D eigenvalue weighted by Gasteiger charge is 2.54. The van der Waals surface area contributed by atoms with Gasteiger partial charge in [-0.15, -0.1) is 11.8 Å². The fourth-order valence-electron chi connectivity index (χ4n) is 6.43. The lowest BCUT2D eigenvalue weighted by Gasteiger charge is -2.59. The highest BCUT2D eigenvalue weighted by molar-refractivity contribution is 7.98. The maximum atomic E-state index is 9.57. The molecular formula is C24H30N6S. The zero-order valence-corrected chi connectivity index (χ0v) is 18.8. The summed E-state index contributed by atoms with van der Waals surface area (Å²) >= 11 is 1.73. The van der Waals surface area contributed by atoms with E-state index >= 15 is 0 Å². The third-order valence-corrected chi connectivity index (χ3v) is 8.48. The van der Waals surface area contributed by atoms with Crippen molar-refractivity contribution in [1.82, 2.24) is 9.97 Å². The topological polar surface area (TPSA) is 99.7 Å². The summed E-state index contributed by atoms with van der Waals surface area (Å²) in [6, 6.07) is 10.9. The van der Waals surface area contributed by atoms with E-state index in [1.165, 1.54) is 42.6 Å². The molecule has 1 heterocycles. The molecule has 2 unspecified atom stereocenters. The van der Waals surface area contributed by atoms with Crippen molar-refractivity contribution in [2.75, 3.05) is 23.4 Å². The predicted octanol–water partition coefficient (Wildman–Crippen LogP) is 4.25. The van der Waals surface area contributed by atoms with Crippen LogP contribution in [0.2, 0.25) is 0 Å². The van der Waals surface area contributed by atoms with Crippen LogP contribution in [0.1, 0.15) is 43.2 Å². The number of hydrogen-bond acceptors (Lipinski definition) is 7. The Bertz CT molecular complexity index is 986. The van der Waals surface area contributed by atoms with Crippen molar-refractivity contribution in [3.8, 4) is 6.07 Å². The summed E-state index contributed by atoms with van der Waals surface area (Å²) in [7, 11) is 0. The minimum atomic E-state index is 0.301. The normalized spacial score (nSPS) is 30.7. The third kappa shape index (κ3) is 3.99. The van der Waals surface area contributed by atoms with Crippen molar-refractivity contribution in [3.63, 3.8) is 0 Å². The Morgan fingerprint density at radius 1 is 1.19 bits per heavy atom. The van der Waals surface area contributed by atoms with Gasteiger partial charge in [-0.1, -0.05) is 18.2 Å². The van der Waals surface area contributed by atoms with Crippen LogP contribution in [-0.2, 0) is 6.54 Å². The van der Waals surface area contributed by atoms with Gasteiger partial charge >= 0.3 is 0 Å². The Balaban J connectivity index is 1.29. The lowest BCUT2D eigenvalue weighted by Crippen LogP contribution is -2.58. The molecule has 2 aromatic rings. The molecule has 7 heteroatoms. The van der Waals surface area contributed by atoms with Gasteiger partial charge in [0.2, 0.25) is 5.95 Å². The molecule has 6 nitrogen and oxygen atoms in total. The largest absolute Gasteiger partial charge is 0.368 e. The first kappa shape index (κ1) is 20.6. The summed E-state index contributed by atoms with van der Waals surface area (Å²) < 4.78 is 0. The summed E-state index contributed by atoms with van der Waals surface area (Å²) in [6.45, 7) is 1.51. The number of aromatic nitrogens is 2. The maximum Gasteiger partial charge on any atom is 0.224 e. The van der Waals surface area contributed by atoms with Crippen LogP contribution in [0.4, 0.5) is 11.8 Å². The zero-order chi connectivity index (χ0) is 21.4. The van der Waals surface area contributed by atoms with Crippen LogP contribution in [0.5, 0.6) is 0 Å². The first-order valence-corrected chi connectivity index (χ1v) is 12.4. The molecule has 5 atom stereocenters. The van der Waals surface area contributed by atoms with E-state index in [2.05, 4.69) is 45.1 Å². The number of nitrogens with zero attached hydrogens (tertiary/aromatic N) is 3. The van der Waals surface area contributed by atoms with Gasteiger partial charge in [-0.05, 0) is 73.2 Å². The van der Waals surface area contributed by atoms with Gasteiger partial charge in [-0.25, -0.2) is 4.98 Å². The molecule has 4 saturated carbocycles. The number of hydrogen-bond donors (Lipinski definition) is 3. The SMILES string of the molecule is CSc1ccccc1CNc1ncc(C#N)c(NC[C@@]23CC4CC(C2)[C@H](N)[C@H](C4)C3)n1. The van der Waals surface area contributed by atoms with Crippen molar-refractivity contribution in [2.24, 2.45) is 28.9 Å². The smallest absolute Gasteiger partial charge is 0.224 e. The Morgan fingerprint density at radius 3 is 2.71 bits per heavy atom. The average molecular weight is 435 g/mol. The molecule has 0 amide bonds. The van der Waals surface area contributed by atoms with Crippen molar-refractivity contribution >= 4 is 23.5 Å². The van der Waals surface area contributed by atoms with E-state index in [9.17, 15) is 5.26 Å². The zero-order valence-electron chi connectivity index (χ0n) is 18.0. The molecule has 0 aliphatic heterocycles. The molecule has 4 aliphatic rings. The van der Waals surface area contributed by atoms with Gasteiger partial charge in [-0.3, -0.25) is 0 Å². The molecule has 1 aromatic carbocycles. The van der Waals surface area contributed by atoms with E-state index in [0.29, 0.717) is 47.2 Å². The number of nitrogens with two attached hydrogens (primary N) is 1. The Hall–Kier alpha value is -2.30. The third-order valence-electron chi connectivity index (χ3n) is 7.64. The highest BCUT2D eigenvalue weighted by Crippen LogP contribution is 2.59.